The normalized spacial score (nSPS) is 17.9. The molecule has 0 aliphatic carbocycles. The Morgan fingerprint density at radius 3 is 2.47 bits per heavy atom. The fraction of sp³-hybridized carbons (Fsp3) is 0.250. The predicted octanol–water partition coefficient (Wildman–Crippen LogP) is 4.35. The van der Waals surface area contributed by atoms with Crippen molar-refractivity contribution < 1.29 is 14.4 Å². The third-order valence-electron chi connectivity index (χ3n) is 5.37. The van der Waals surface area contributed by atoms with Crippen LogP contribution >= 0.6 is 24.0 Å². The van der Waals surface area contributed by atoms with Crippen molar-refractivity contribution in [2.75, 3.05) is 23.3 Å². The summed E-state index contributed by atoms with van der Waals surface area (Å²) in [7, 11) is 0. The summed E-state index contributed by atoms with van der Waals surface area (Å²) in [5, 5.41) is 2.83. The number of nitrogens with one attached hydrogen (secondary N) is 1. The van der Waals surface area contributed by atoms with Crippen molar-refractivity contribution in [2.45, 2.75) is 26.7 Å². The third-order valence-corrected chi connectivity index (χ3v) is 6.82. The molecule has 1 fully saturated rings. The molecule has 32 heavy (non-hydrogen) atoms. The Labute approximate surface area is 196 Å². The molecule has 0 bridgehead atoms. The Bertz CT molecular complexity index is 1140. The first-order chi connectivity index (χ1) is 15.4. The summed E-state index contributed by atoms with van der Waals surface area (Å²) in [6.07, 6.45) is 1.78. The first kappa shape index (κ1) is 22.2. The van der Waals surface area contributed by atoms with Crippen LogP contribution in [-0.2, 0) is 14.4 Å². The highest BCUT2D eigenvalue weighted by Crippen LogP contribution is 2.44. The van der Waals surface area contributed by atoms with E-state index in [9.17, 15) is 14.4 Å². The van der Waals surface area contributed by atoms with Crippen molar-refractivity contribution in [2.24, 2.45) is 0 Å². The number of anilines is 2. The maximum Gasteiger partial charge on any atom is 0.267 e. The molecule has 2 aliphatic rings. The molecule has 1 N–H and O–H groups in total. The molecule has 2 aromatic rings. The van der Waals surface area contributed by atoms with E-state index in [1.54, 1.807) is 17.0 Å². The molecule has 4 rings (SSSR count). The van der Waals surface area contributed by atoms with E-state index in [0.717, 1.165) is 30.2 Å². The first-order valence-electron chi connectivity index (χ1n) is 10.5. The van der Waals surface area contributed by atoms with E-state index in [0.29, 0.717) is 38.3 Å². The Morgan fingerprint density at radius 2 is 1.75 bits per heavy atom. The van der Waals surface area contributed by atoms with Crippen molar-refractivity contribution >= 4 is 63.0 Å². The highest BCUT2D eigenvalue weighted by molar-refractivity contribution is 8.26. The van der Waals surface area contributed by atoms with E-state index < -0.39 is 0 Å². The van der Waals surface area contributed by atoms with Gasteiger partial charge in [0.05, 0.1) is 16.2 Å². The summed E-state index contributed by atoms with van der Waals surface area (Å²) in [5.41, 5.74) is 3.34. The number of hydrogen-bond acceptors (Lipinski definition) is 5. The number of nitrogens with zero attached hydrogens (tertiary/aromatic N) is 2. The van der Waals surface area contributed by atoms with Gasteiger partial charge in [-0.05, 0) is 31.5 Å². The molecule has 8 heteroatoms. The molecule has 0 aromatic heterocycles. The van der Waals surface area contributed by atoms with Crippen LogP contribution in [0.3, 0.4) is 0 Å². The van der Waals surface area contributed by atoms with Crippen LogP contribution in [0.4, 0.5) is 11.4 Å². The Kier molecular flexibility index (Phi) is 6.43. The van der Waals surface area contributed by atoms with Gasteiger partial charge in [-0.1, -0.05) is 73.2 Å². The van der Waals surface area contributed by atoms with Crippen LogP contribution in [-0.4, -0.2) is 40.0 Å². The van der Waals surface area contributed by atoms with Crippen LogP contribution < -0.4 is 10.2 Å². The summed E-state index contributed by atoms with van der Waals surface area (Å²) in [6, 6.07) is 14.7. The zero-order valence-corrected chi connectivity index (χ0v) is 19.5. The van der Waals surface area contributed by atoms with Gasteiger partial charge >= 0.3 is 0 Å². The van der Waals surface area contributed by atoms with E-state index in [1.165, 1.54) is 4.90 Å². The summed E-state index contributed by atoms with van der Waals surface area (Å²) in [5.74, 6) is -0.910. The number of carbonyl (C=O) groups is 3. The molecule has 3 amide bonds. The average Bonchev–Trinajstić information content (AvgIpc) is 3.20. The summed E-state index contributed by atoms with van der Waals surface area (Å²) >= 11 is 6.57. The maximum absolute atomic E-state index is 13.4. The van der Waals surface area contributed by atoms with Crippen molar-refractivity contribution in [1.29, 1.82) is 0 Å². The number of fused-ring (bicyclic) bond motifs is 1. The second-order valence-electron chi connectivity index (χ2n) is 7.71. The fourth-order valence-electron chi connectivity index (χ4n) is 3.70. The Hall–Kier alpha value is -2.97. The van der Waals surface area contributed by atoms with Crippen LogP contribution in [0.15, 0.2) is 53.4 Å². The van der Waals surface area contributed by atoms with Gasteiger partial charge in [-0.25, -0.2) is 0 Å². The van der Waals surface area contributed by atoms with E-state index in [4.69, 9.17) is 12.2 Å². The lowest BCUT2D eigenvalue weighted by Crippen LogP contribution is -2.35. The lowest BCUT2D eigenvalue weighted by molar-refractivity contribution is -0.122. The highest BCUT2D eigenvalue weighted by Gasteiger charge is 2.42. The van der Waals surface area contributed by atoms with Gasteiger partial charge in [0.25, 0.3) is 11.8 Å². The molecule has 0 atom stereocenters. The first-order valence-corrected chi connectivity index (χ1v) is 11.7. The van der Waals surface area contributed by atoms with Crippen molar-refractivity contribution in [3.05, 3.63) is 64.6 Å². The Balaban J connectivity index is 1.62. The zero-order valence-electron chi connectivity index (χ0n) is 17.9. The van der Waals surface area contributed by atoms with Crippen LogP contribution in [0.2, 0.25) is 0 Å². The molecular formula is C24H23N3O3S2. The smallest absolute Gasteiger partial charge is 0.267 e. The highest BCUT2D eigenvalue weighted by atomic mass is 32.2. The zero-order chi connectivity index (χ0) is 22.8. The standard InChI is InChI=1S/C24H23N3O3S2/c1-3-4-13-26-23(30)21(32-24(26)31)20-17-7-5-6-8-18(17)27(22(20)29)14-19(28)25-16-11-9-15(2)10-12-16/h5-12H,3-4,13-14H2,1-2H3,(H,25,28). The number of hydrogen-bond donors (Lipinski definition) is 1. The summed E-state index contributed by atoms with van der Waals surface area (Å²) in [6.45, 7) is 4.41. The SMILES string of the molecule is CCCCN1C(=O)C(=C2C(=O)N(CC(=O)Nc3ccc(C)cc3)c3ccccc32)SC1=S. The van der Waals surface area contributed by atoms with Gasteiger partial charge in [0, 0.05) is 17.8 Å². The molecule has 1 saturated heterocycles. The topological polar surface area (TPSA) is 69.7 Å². The summed E-state index contributed by atoms with van der Waals surface area (Å²) < 4.78 is 0.465. The van der Waals surface area contributed by atoms with E-state index >= 15 is 0 Å². The quantitative estimate of drug-likeness (QED) is 0.507. The predicted molar refractivity (Wildman–Crippen MR) is 132 cm³/mol. The molecule has 2 aromatic carbocycles. The lowest BCUT2D eigenvalue weighted by Gasteiger charge is -2.17. The van der Waals surface area contributed by atoms with Crippen LogP contribution in [0.25, 0.3) is 5.57 Å². The minimum atomic E-state index is -0.360. The Morgan fingerprint density at radius 1 is 1.03 bits per heavy atom. The average molecular weight is 466 g/mol. The number of thioether (sulfide) groups is 1. The second-order valence-corrected chi connectivity index (χ2v) is 9.35. The summed E-state index contributed by atoms with van der Waals surface area (Å²) in [4.78, 5) is 42.5. The van der Waals surface area contributed by atoms with Crippen molar-refractivity contribution in [3.8, 4) is 0 Å². The number of para-hydroxylation sites is 1. The lowest BCUT2D eigenvalue weighted by atomic mass is 10.1. The number of rotatable bonds is 6. The largest absolute Gasteiger partial charge is 0.325 e. The number of carbonyl (C=O) groups excluding carboxylic acids is 3. The fourth-order valence-corrected chi connectivity index (χ4v) is 5.08. The van der Waals surface area contributed by atoms with Gasteiger partial charge in [-0.15, -0.1) is 0 Å². The van der Waals surface area contributed by atoms with Crippen LogP contribution in [0.1, 0.15) is 30.9 Å². The third kappa shape index (κ3) is 4.20. The molecule has 2 heterocycles. The van der Waals surface area contributed by atoms with Crippen LogP contribution in [0, 0.1) is 6.92 Å². The maximum atomic E-state index is 13.4. The van der Waals surface area contributed by atoms with E-state index in [1.807, 2.05) is 50.2 Å². The van der Waals surface area contributed by atoms with Gasteiger partial charge in [-0.2, -0.15) is 0 Å². The molecule has 0 spiro atoms. The molecule has 2 aliphatic heterocycles. The van der Waals surface area contributed by atoms with Crippen LogP contribution in [0.5, 0.6) is 0 Å². The second kappa shape index (κ2) is 9.26. The molecule has 0 radical (unpaired) electrons. The van der Waals surface area contributed by atoms with Gasteiger partial charge in [-0.3, -0.25) is 24.2 Å². The molecule has 164 valence electrons. The monoisotopic (exact) mass is 465 g/mol. The van der Waals surface area contributed by atoms with Crippen molar-refractivity contribution in [1.82, 2.24) is 4.90 Å². The number of amides is 3. The van der Waals surface area contributed by atoms with Crippen molar-refractivity contribution in [3.63, 3.8) is 0 Å². The number of thiocarbonyl (C=S) groups is 1. The van der Waals surface area contributed by atoms with Gasteiger partial charge < -0.3 is 5.32 Å². The van der Waals surface area contributed by atoms with E-state index in [-0.39, 0.29) is 24.3 Å². The minimum Gasteiger partial charge on any atom is -0.325 e. The molecular weight excluding hydrogens is 442 g/mol. The van der Waals surface area contributed by atoms with E-state index in [2.05, 4.69) is 5.32 Å². The van der Waals surface area contributed by atoms with Gasteiger partial charge in [0.15, 0.2) is 0 Å². The van der Waals surface area contributed by atoms with Gasteiger partial charge in [0.1, 0.15) is 10.9 Å². The minimum absolute atomic E-state index is 0.149. The number of unbranched alkanes of at least 4 members (excludes halogenated alkanes) is 1. The number of aryl methyl sites for hydroxylation is 1. The number of benzene rings is 2. The molecule has 0 unspecified atom stereocenters. The molecule has 0 saturated carbocycles. The van der Waals surface area contributed by atoms with Gasteiger partial charge in [0.2, 0.25) is 5.91 Å². The molecule has 6 nitrogen and oxygen atoms in total.